The third-order valence-electron chi connectivity index (χ3n) is 7.16. The second kappa shape index (κ2) is 6.83. The van der Waals surface area contributed by atoms with Crippen LogP contribution < -0.4 is 9.47 Å². The second-order valence-electron chi connectivity index (χ2n) is 9.55. The quantitative estimate of drug-likeness (QED) is 0.738. The summed E-state index contributed by atoms with van der Waals surface area (Å²) in [5.41, 5.74) is 0.187. The minimum Gasteiger partial charge on any atom is -0.486 e. The first-order chi connectivity index (χ1) is 13.8. The Morgan fingerprint density at radius 1 is 1.10 bits per heavy atom. The topological polar surface area (TPSA) is 68.3 Å². The van der Waals surface area contributed by atoms with Gasteiger partial charge in [-0.1, -0.05) is 19.9 Å². The van der Waals surface area contributed by atoms with Gasteiger partial charge in [-0.25, -0.2) is 8.42 Å². The smallest absolute Gasteiger partial charge is 0.246 e. The molecular weight excluding hydrogens is 392 g/mol. The first-order valence-corrected chi connectivity index (χ1v) is 11.9. The molecule has 4 aliphatic rings. The number of hydrogen-bond acceptors (Lipinski definition) is 6. The van der Waals surface area contributed by atoms with Crippen LogP contribution in [0.3, 0.4) is 0 Å². The number of nitrogens with zero attached hydrogens (tertiary/aromatic N) is 2. The molecular formula is C21H30N2O5S. The molecule has 0 spiro atoms. The summed E-state index contributed by atoms with van der Waals surface area (Å²) in [6.45, 7) is 10.8. The molecule has 0 bridgehead atoms. The zero-order valence-electron chi connectivity index (χ0n) is 17.2. The Bertz CT molecular complexity index is 896. The lowest BCUT2D eigenvalue weighted by atomic mass is 9.48. The van der Waals surface area contributed by atoms with Gasteiger partial charge in [0.15, 0.2) is 11.5 Å². The predicted octanol–water partition coefficient (Wildman–Crippen LogP) is 1.83. The number of benzene rings is 1. The van der Waals surface area contributed by atoms with Gasteiger partial charge in [-0.2, -0.15) is 4.31 Å². The average Bonchev–Trinajstić information content (AvgIpc) is 3.03. The van der Waals surface area contributed by atoms with Crippen molar-refractivity contribution < 1.29 is 22.6 Å². The van der Waals surface area contributed by atoms with Gasteiger partial charge >= 0.3 is 0 Å². The summed E-state index contributed by atoms with van der Waals surface area (Å²) in [5.74, 6) is 1.24. The van der Waals surface area contributed by atoms with Gasteiger partial charge in [0, 0.05) is 38.1 Å². The number of para-hydroxylation sites is 1. The summed E-state index contributed by atoms with van der Waals surface area (Å²) >= 11 is 0. The molecule has 5 rings (SSSR count). The number of ether oxygens (including phenoxy) is 3. The van der Waals surface area contributed by atoms with Crippen LogP contribution in [0.5, 0.6) is 11.5 Å². The van der Waals surface area contributed by atoms with Crippen molar-refractivity contribution in [2.24, 2.45) is 16.7 Å². The Morgan fingerprint density at radius 3 is 2.62 bits per heavy atom. The molecule has 1 aromatic carbocycles. The number of sulfonamides is 1. The highest BCUT2D eigenvalue weighted by Crippen LogP contribution is 2.63. The van der Waals surface area contributed by atoms with Crippen LogP contribution in [0.2, 0.25) is 0 Å². The molecule has 0 N–H and O–H groups in total. The summed E-state index contributed by atoms with van der Waals surface area (Å²) in [5, 5.41) is 0. The van der Waals surface area contributed by atoms with Gasteiger partial charge in [-0.15, -0.1) is 0 Å². The standard InChI is InChI=1S/C21H30N2O5S/c1-20(2)13-21(14-22-6-8-26-9-7-22)15-23(12-18(20)21)29(24,25)17-5-3-4-16-19(17)28-11-10-27-16/h3-5,18H,6-15H2,1-2H3/t18-,21+/m1/s1. The van der Waals surface area contributed by atoms with Gasteiger partial charge in [0.05, 0.1) is 13.2 Å². The van der Waals surface area contributed by atoms with Crippen LogP contribution >= 0.6 is 0 Å². The molecule has 0 aromatic heterocycles. The molecule has 3 heterocycles. The highest BCUT2D eigenvalue weighted by atomic mass is 32.2. The summed E-state index contributed by atoms with van der Waals surface area (Å²) in [4.78, 5) is 2.68. The van der Waals surface area contributed by atoms with Crippen molar-refractivity contribution in [3.63, 3.8) is 0 Å². The van der Waals surface area contributed by atoms with Crippen molar-refractivity contribution in [1.82, 2.24) is 9.21 Å². The highest BCUT2D eigenvalue weighted by molar-refractivity contribution is 7.89. The zero-order chi connectivity index (χ0) is 20.3. The Morgan fingerprint density at radius 2 is 1.86 bits per heavy atom. The van der Waals surface area contributed by atoms with Crippen LogP contribution in [0.15, 0.2) is 23.1 Å². The largest absolute Gasteiger partial charge is 0.486 e. The van der Waals surface area contributed by atoms with E-state index in [4.69, 9.17) is 14.2 Å². The molecule has 7 nitrogen and oxygen atoms in total. The fraction of sp³-hybridized carbons (Fsp3) is 0.714. The van der Waals surface area contributed by atoms with Gasteiger partial charge in [0.1, 0.15) is 18.1 Å². The van der Waals surface area contributed by atoms with E-state index in [0.717, 1.165) is 39.3 Å². The van der Waals surface area contributed by atoms with Crippen LogP contribution in [0.1, 0.15) is 20.3 Å². The number of fused-ring (bicyclic) bond motifs is 2. The number of hydrogen-bond donors (Lipinski definition) is 0. The molecule has 3 aliphatic heterocycles. The van der Waals surface area contributed by atoms with Crippen molar-refractivity contribution in [1.29, 1.82) is 0 Å². The van der Waals surface area contributed by atoms with E-state index in [1.165, 1.54) is 0 Å². The van der Waals surface area contributed by atoms with Crippen molar-refractivity contribution >= 4 is 10.0 Å². The van der Waals surface area contributed by atoms with E-state index in [-0.39, 0.29) is 15.7 Å². The van der Waals surface area contributed by atoms with Crippen LogP contribution in [0, 0.1) is 16.7 Å². The van der Waals surface area contributed by atoms with Gasteiger partial charge in [0.2, 0.25) is 10.0 Å². The van der Waals surface area contributed by atoms with Gasteiger partial charge in [-0.3, -0.25) is 4.90 Å². The molecule has 0 radical (unpaired) electrons. The predicted molar refractivity (Wildman–Crippen MR) is 108 cm³/mol. The first-order valence-electron chi connectivity index (χ1n) is 10.5. The van der Waals surface area contributed by atoms with Gasteiger partial charge in [-0.05, 0) is 29.9 Å². The van der Waals surface area contributed by atoms with E-state index < -0.39 is 10.0 Å². The van der Waals surface area contributed by atoms with Crippen LogP contribution in [-0.4, -0.2) is 76.8 Å². The summed E-state index contributed by atoms with van der Waals surface area (Å²) in [6, 6.07) is 5.14. The second-order valence-corrected chi connectivity index (χ2v) is 11.5. The Kier molecular flexibility index (Phi) is 4.62. The maximum atomic E-state index is 13.6. The van der Waals surface area contributed by atoms with E-state index in [9.17, 15) is 8.42 Å². The number of rotatable bonds is 4. The Balaban J connectivity index is 1.43. The molecule has 0 unspecified atom stereocenters. The van der Waals surface area contributed by atoms with E-state index >= 15 is 0 Å². The zero-order valence-corrected chi connectivity index (χ0v) is 18.0. The van der Waals surface area contributed by atoms with Crippen LogP contribution in [0.4, 0.5) is 0 Å². The van der Waals surface area contributed by atoms with Crippen LogP contribution in [-0.2, 0) is 14.8 Å². The van der Waals surface area contributed by atoms with Gasteiger partial charge in [0.25, 0.3) is 0 Å². The summed E-state index contributed by atoms with van der Waals surface area (Å²) in [7, 11) is -3.65. The molecule has 2 atom stereocenters. The summed E-state index contributed by atoms with van der Waals surface area (Å²) < 4.78 is 45.8. The van der Waals surface area contributed by atoms with E-state index in [1.54, 1.807) is 22.5 Å². The van der Waals surface area contributed by atoms with E-state index in [1.807, 2.05) is 0 Å². The SMILES string of the molecule is CC1(C)C[C@]2(CN3CCOCC3)CN(S(=O)(=O)c3cccc4c3OCCO4)C[C@H]12. The lowest BCUT2D eigenvalue weighted by Crippen LogP contribution is -2.59. The van der Waals surface area contributed by atoms with Crippen molar-refractivity contribution in [2.45, 2.75) is 25.2 Å². The lowest BCUT2D eigenvalue weighted by Gasteiger charge is -2.58. The highest BCUT2D eigenvalue weighted by Gasteiger charge is 2.64. The lowest BCUT2D eigenvalue weighted by molar-refractivity contribution is -0.0965. The van der Waals surface area contributed by atoms with Crippen LogP contribution in [0.25, 0.3) is 0 Å². The molecule has 3 fully saturated rings. The fourth-order valence-electron chi connectivity index (χ4n) is 6.07. The maximum absolute atomic E-state index is 13.6. The molecule has 8 heteroatoms. The van der Waals surface area contributed by atoms with E-state index in [2.05, 4.69) is 18.7 Å². The number of morpholine rings is 1. The third kappa shape index (κ3) is 3.15. The molecule has 0 amide bonds. The van der Waals surface area contributed by atoms with Crippen molar-refractivity contribution in [3.05, 3.63) is 18.2 Å². The molecule has 1 saturated carbocycles. The van der Waals surface area contributed by atoms with E-state index in [0.29, 0.717) is 43.7 Å². The Hall–Kier alpha value is -1.35. The third-order valence-corrected chi connectivity index (χ3v) is 8.99. The minimum absolute atomic E-state index is 0.0279. The van der Waals surface area contributed by atoms with Crippen molar-refractivity contribution in [2.75, 3.05) is 59.2 Å². The fourth-order valence-corrected chi connectivity index (χ4v) is 7.77. The minimum atomic E-state index is -3.65. The Labute approximate surface area is 173 Å². The molecule has 160 valence electrons. The molecule has 29 heavy (non-hydrogen) atoms. The molecule has 2 saturated heterocycles. The normalized spacial score (nSPS) is 31.9. The first kappa shape index (κ1) is 19.6. The average molecular weight is 423 g/mol. The maximum Gasteiger partial charge on any atom is 0.246 e. The summed E-state index contributed by atoms with van der Waals surface area (Å²) in [6.07, 6.45) is 1.06. The van der Waals surface area contributed by atoms with Crippen molar-refractivity contribution in [3.8, 4) is 11.5 Å². The molecule has 1 aromatic rings. The monoisotopic (exact) mass is 422 g/mol. The molecule has 1 aliphatic carbocycles. The van der Waals surface area contributed by atoms with Gasteiger partial charge < -0.3 is 14.2 Å².